The predicted octanol–water partition coefficient (Wildman–Crippen LogP) is 4.95. The van der Waals surface area contributed by atoms with Crippen LogP contribution in [0.3, 0.4) is 0 Å². The molecule has 0 atom stereocenters. The first-order valence-corrected chi connectivity index (χ1v) is 11.8. The summed E-state index contributed by atoms with van der Waals surface area (Å²) in [5, 5.41) is 0. The minimum Gasteiger partial charge on any atom is -0.430 e. The molecule has 7 heteroatoms. The quantitative estimate of drug-likeness (QED) is 0.513. The molecule has 0 aliphatic heterocycles. The Morgan fingerprint density at radius 1 is 0.655 bits per heavy atom. The molecule has 0 bridgehead atoms. The van der Waals surface area contributed by atoms with E-state index in [0.29, 0.717) is 11.5 Å². The fourth-order valence-electron chi connectivity index (χ4n) is 2.78. The maximum Gasteiger partial charge on any atom is 0.313 e. The van der Waals surface area contributed by atoms with Gasteiger partial charge in [-0.05, 0) is 50.2 Å². The van der Waals surface area contributed by atoms with Gasteiger partial charge in [0.2, 0.25) is 0 Å². The normalized spacial score (nSPS) is 10.8. The van der Waals surface area contributed by atoms with Crippen LogP contribution in [-0.2, 0) is 9.59 Å². The number of Topliss-reactive ketones (excluding diaryl/α,β-unsaturated/α-hetero) is 2. The molecule has 2 aromatic carbocycles. The van der Waals surface area contributed by atoms with Crippen LogP contribution in [0.4, 0.5) is 9.59 Å². The molecule has 0 saturated heterocycles. The van der Waals surface area contributed by atoms with Gasteiger partial charge in [0.05, 0.1) is 0 Å². The summed E-state index contributed by atoms with van der Waals surface area (Å²) in [6, 6.07) is 16.9. The average Bonchev–Trinajstić information content (AvgIpc) is 2.69. The van der Waals surface area contributed by atoms with Crippen molar-refractivity contribution in [2.24, 2.45) is 0 Å². The second-order valence-electron chi connectivity index (χ2n) is 6.89. The summed E-state index contributed by atoms with van der Waals surface area (Å²) < 4.78 is 11.0. The Morgan fingerprint density at radius 3 is 1.31 bits per heavy atom. The molecule has 0 aromatic heterocycles. The molecule has 0 heterocycles. The second kappa shape index (κ2) is 10.5. The van der Waals surface area contributed by atoms with Crippen LogP contribution >= 0.6 is 0 Å². The predicted molar refractivity (Wildman–Crippen MR) is 111 cm³/mol. The number of benzene rings is 2. The van der Waals surface area contributed by atoms with Gasteiger partial charge in [-0.2, -0.15) is 0 Å². The molecule has 0 amide bonds. The molecule has 0 aliphatic carbocycles. The average molecular weight is 413 g/mol. The molecule has 0 radical (unpaired) electrons. The van der Waals surface area contributed by atoms with E-state index in [1.165, 1.54) is 13.8 Å². The van der Waals surface area contributed by atoms with E-state index < -0.39 is 19.3 Å². The van der Waals surface area contributed by atoms with Gasteiger partial charge in [-0.25, -0.2) is 0 Å². The van der Waals surface area contributed by atoms with Crippen molar-refractivity contribution < 1.29 is 28.7 Å². The van der Waals surface area contributed by atoms with Crippen molar-refractivity contribution in [3.05, 3.63) is 60.7 Å². The number of hydrogen-bond donors (Lipinski definition) is 0. The smallest absolute Gasteiger partial charge is 0.313 e. The zero-order chi connectivity index (χ0) is 21.3. The van der Waals surface area contributed by atoms with Crippen LogP contribution in [0.25, 0.3) is 0 Å². The number of para-hydroxylation sites is 2. The molecular formula is C22H24O6Si. The van der Waals surface area contributed by atoms with E-state index in [1.54, 1.807) is 60.7 Å². The molecule has 2 aromatic rings. The highest BCUT2D eigenvalue weighted by molar-refractivity contribution is 7.23. The molecule has 0 unspecified atom stereocenters. The number of rotatable bonds is 10. The lowest BCUT2D eigenvalue weighted by molar-refractivity contribution is -0.117. The van der Waals surface area contributed by atoms with Gasteiger partial charge < -0.3 is 19.1 Å². The summed E-state index contributed by atoms with van der Waals surface area (Å²) in [7, 11) is -3.66. The molecule has 6 nitrogen and oxygen atoms in total. The number of carbonyl (C=O) groups excluding carboxylic acids is 4. The van der Waals surface area contributed by atoms with E-state index in [1.807, 2.05) is 0 Å². The van der Waals surface area contributed by atoms with Gasteiger partial charge in [0.25, 0.3) is 11.2 Å². The van der Waals surface area contributed by atoms with E-state index in [-0.39, 0.29) is 36.5 Å². The molecular weight excluding hydrogens is 388 g/mol. The van der Waals surface area contributed by atoms with Crippen molar-refractivity contribution in [3.8, 4) is 11.5 Å². The van der Waals surface area contributed by atoms with Gasteiger partial charge in [-0.1, -0.05) is 36.4 Å². The largest absolute Gasteiger partial charge is 0.430 e. The number of ketones is 2. The molecule has 152 valence electrons. The SMILES string of the molecule is CC(=O)CC[Si](CCC(C)=O)(C(=O)Oc1ccccc1)C(=O)Oc1ccccc1. The van der Waals surface area contributed by atoms with Crippen molar-refractivity contribution in [1.29, 1.82) is 0 Å². The summed E-state index contributed by atoms with van der Waals surface area (Å²) in [6.45, 7) is 2.80. The minimum atomic E-state index is -3.66. The lowest BCUT2D eigenvalue weighted by Crippen LogP contribution is -2.55. The van der Waals surface area contributed by atoms with Crippen molar-refractivity contribution in [2.75, 3.05) is 0 Å². The monoisotopic (exact) mass is 412 g/mol. The fraction of sp³-hybridized carbons (Fsp3) is 0.273. The maximum atomic E-state index is 13.2. The molecule has 0 fully saturated rings. The van der Waals surface area contributed by atoms with Gasteiger partial charge >= 0.3 is 8.07 Å². The van der Waals surface area contributed by atoms with Gasteiger partial charge in [-0.3, -0.25) is 9.59 Å². The number of hydrogen-bond acceptors (Lipinski definition) is 6. The Labute approximate surface area is 170 Å². The standard InChI is InChI=1S/C22H24O6Si/c1-17(23)13-15-29(16-14-18(2)24,21(25)27-19-9-5-3-6-10-19)22(26)28-20-11-7-4-8-12-20/h3-12H,13-16H2,1-2H3. The lowest BCUT2D eigenvalue weighted by atomic mass is 10.3. The number of ether oxygens (including phenoxy) is 2. The lowest BCUT2D eigenvalue weighted by Gasteiger charge is -2.26. The van der Waals surface area contributed by atoms with Gasteiger partial charge in [0.1, 0.15) is 23.1 Å². The third kappa shape index (κ3) is 6.50. The van der Waals surface area contributed by atoms with E-state index in [2.05, 4.69) is 0 Å². The Kier molecular flexibility index (Phi) is 8.03. The minimum absolute atomic E-state index is 0.0347. The molecule has 0 spiro atoms. The van der Waals surface area contributed by atoms with E-state index in [0.717, 1.165) is 0 Å². The molecule has 0 N–H and O–H groups in total. The molecule has 0 aliphatic rings. The van der Waals surface area contributed by atoms with Crippen LogP contribution in [-0.4, -0.2) is 30.8 Å². The summed E-state index contributed by atoms with van der Waals surface area (Å²) in [6.07, 6.45) is 0.0792. The Balaban J connectivity index is 2.39. The first kappa shape index (κ1) is 22.2. The van der Waals surface area contributed by atoms with E-state index in [4.69, 9.17) is 9.47 Å². The summed E-state index contributed by atoms with van der Waals surface area (Å²) in [5.41, 5.74) is -1.40. The zero-order valence-corrected chi connectivity index (χ0v) is 17.6. The molecule has 29 heavy (non-hydrogen) atoms. The zero-order valence-electron chi connectivity index (χ0n) is 16.6. The van der Waals surface area contributed by atoms with Crippen LogP contribution in [0, 0.1) is 0 Å². The van der Waals surface area contributed by atoms with Crippen molar-refractivity contribution in [3.63, 3.8) is 0 Å². The van der Waals surface area contributed by atoms with Gasteiger partial charge in [-0.15, -0.1) is 0 Å². The van der Waals surface area contributed by atoms with Crippen molar-refractivity contribution in [1.82, 2.24) is 0 Å². The topological polar surface area (TPSA) is 86.7 Å². The highest BCUT2D eigenvalue weighted by Gasteiger charge is 2.53. The first-order chi connectivity index (χ1) is 13.8. The Hall–Kier alpha value is -3.06. The summed E-state index contributed by atoms with van der Waals surface area (Å²) >= 11 is 0. The van der Waals surface area contributed by atoms with E-state index >= 15 is 0 Å². The second-order valence-corrected chi connectivity index (χ2v) is 10.9. The van der Waals surface area contributed by atoms with Crippen molar-refractivity contribution in [2.45, 2.75) is 38.8 Å². The third-order valence-corrected chi connectivity index (χ3v) is 8.47. The van der Waals surface area contributed by atoms with Gasteiger partial charge in [0, 0.05) is 12.8 Å². The molecule has 0 saturated carbocycles. The highest BCUT2D eigenvalue weighted by atomic mass is 28.3. The summed E-state index contributed by atoms with van der Waals surface area (Å²) in [4.78, 5) is 49.7. The van der Waals surface area contributed by atoms with Gasteiger partial charge in [0.15, 0.2) is 0 Å². The molecule has 2 rings (SSSR count). The van der Waals surface area contributed by atoms with Crippen LogP contribution in [0.5, 0.6) is 11.5 Å². The fourth-order valence-corrected chi connectivity index (χ4v) is 6.20. The maximum absolute atomic E-state index is 13.2. The Bertz CT molecular complexity index is 790. The van der Waals surface area contributed by atoms with Crippen LogP contribution in [0.15, 0.2) is 60.7 Å². The number of carbonyl (C=O) groups is 4. The highest BCUT2D eigenvalue weighted by Crippen LogP contribution is 2.28. The summed E-state index contributed by atoms with van der Waals surface area (Å²) in [5.74, 6) is 0.300. The van der Waals surface area contributed by atoms with Crippen LogP contribution < -0.4 is 9.47 Å². The van der Waals surface area contributed by atoms with Crippen LogP contribution in [0.1, 0.15) is 26.7 Å². The van der Waals surface area contributed by atoms with Crippen molar-refractivity contribution >= 4 is 30.8 Å². The van der Waals surface area contributed by atoms with Crippen LogP contribution in [0.2, 0.25) is 12.1 Å². The van der Waals surface area contributed by atoms with E-state index in [9.17, 15) is 19.2 Å². The Morgan fingerprint density at radius 2 is 1.00 bits per heavy atom. The first-order valence-electron chi connectivity index (χ1n) is 9.37. The third-order valence-electron chi connectivity index (χ3n) is 4.50.